The Bertz CT molecular complexity index is 928. The van der Waals surface area contributed by atoms with Crippen molar-refractivity contribution in [2.24, 2.45) is 7.05 Å². The Morgan fingerprint density at radius 3 is 2.79 bits per heavy atom. The molecule has 0 saturated heterocycles. The zero-order valence-corrected chi connectivity index (χ0v) is 14.1. The standard InChI is InChI=1S/C17H16ClN5O/c1-10-15(16(18)23(21-10)11-6-4-3-5-7-11)12-8-14(24)20-17-13(12)9-19-22(17)2/h3-7,9,12H,8H2,1-2H3,(H,20,24)/t12-/m1/s1. The van der Waals surface area contributed by atoms with Gasteiger partial charge in [-0.2, -0.15) is 10.2 Å². The molecule has 0 fully saturated rings. The Labute approximate surface area is 144 Å². The molecule has 1 N–H and O–H groups in total. The number of anilines is 1. The Hall–Kier alpha value is -2.60. The summed E-state index contributed by atoms with van der Waals surface area (Å²) in [6, 6.07) is 9.73. The van der Waals surface area contributed by atoms with Gasteiger partial charge in [-0.3, -0.25) is 9.48 Å². The third-order valence-corrected chi connectivity index (χ3v) is 4.75. The highest BCUT2D eigenvalue weighted by Gasteiger charge is 2.33. The molecule has 0 radical (unpaired) electrons. The molecule has 3 aromatic rings. The molecule has 0 aliphatic carbocycles. The van der Waals surface area contributed by atoms with E-state index in [0.29, 0.717) is 11.6 Å². The van der Waals surface area contributed by atoms with Crippen molar-refractivity contribution in [3.05, 3.63) is 58.5 Å². The summed E-state index contributed by atoms with van der Waals surface area (Å²) in [5.41, 5.74) is 3.56. The molecule has 0 saturated carbocycles. The molecule has 0 spiro atoms. The van der Waals surface area contributed by atoms with E-state index < -0.39 is 0 Å². The first-order valence-corrected chi connectivity index (χ1v) is 8.06. The highest BCUT2D eigenvalue weighted by atomic mass is 35.5. The lowest BCUT2D eigenvalue weighted by molar-refractivity contribution is -0.116. The van der Waals surface area contributed by atoms with Crippen LogP contribution in [0.5, 0.6) is 0 Å². The zero-order chi connectivity index (χ0) is 16.8. The van der Waals surface area contributed by atoms with Gasteiger partial charge in [-0.1, -0.05) is 29.8 Å². The van der Waals surface area contributed by atoms with Gasteiger partial charge in [-0.05, 0) is 19.1 Å². The largest absolute Gasteiger partial charge is 0.311 e. The van der Waals surface area contributed by atoms with Gasteiger partial charge >= 0.3 is 0 Å². The van der Waals surface area contributed by atoms with Crippen LogP contribution in [0.3, 0.4) is 0 Å². The maximum atomic E-state index is 12.1. The zero-order valence-electron chi connectivity index (χ0n) is 13.3. The first-order chi connectivity index (χ1) is 11.6. The predicted octanol–water partition coefficient (Wildman–Crippen LogP) is 3.04. The van der Waals surface area contributed by atoms with E-state index in [1.807, 2.05) is 44.3 Å². The lowest BCUT2D eigenvalue weighted by atomic mass is 9.88. The number of hydrogen-bond donors (Lipinski definition) is 1. The van der Waals surface area contributed by atoms with Crippen molar-refractivity contribution in [1.29, 1.82) is 0 Å². The van der Waals surface area contributed by atoms with Crippen LogP contribution in [0, 0.1) is 6.92 Å². The van der Waals surface area contributed by atoms with Crippen molar-refractivity contribution in [3.63, 3.8) is 0 Å². The van der Waals surface area contributed by atoms with E-state index in [1.54, 1.807) is 15.6 Å². The minimum Gasteiger partial charge on any atom is -0.311 e. The first-order valence-electron chi connectivity index (χ1n) is 7.68. The molecule has 1 atom stereocenters. The van der Waals surface area contributed by atoms with Gasteiger partial charge in [-0.15, -0.1) is 0 Å². The Morgan fingerprint density at radius 1 is 1.29 bits per heavy atom. The van der Waals surface area contributed by atoms with Crippen molar-refractivity contribution in [1.82, 2.24) is 19.6 Å². The minimum absolute atomic E-state index is 0.0426. The molecule has 6 nitrogen and oxygen atoms in total. The molecule has 4 rings (SSSR count). The molecular weight excluding hydrogens is 326 g/mol. The van der Waals surface area contributed by atoms with Crippen molar-refractivity contribution < 1.29 is 4.79 Å². The molecule has 122 valence electrons. The molecule has 1 aromatic carbocycles. The fourth-order valence-electron chi connectivity index (χ4n) is 3.25. The maximum Gasteiger partial charge on any atom is 0.226 e. The topological polar surface area (TPSA) is 64.7 Å². The maximum absolute atomic E-state index is 12.1. The average molecular weight is 342 g/mol. The van der Waals surface area contributed by atoms with E-state index in [0.717, 1.165) is 28.3 Å². The number of carbonyl (C=O) groups is 1. The minimum atomic E-state index is -0.146. The molecule has 3 heterocycles. The predicted molar refractivity (Wildman–Crippen MR) is 91.6 cm³/mol. The number of carbonyl (C=O) groups excluding carboxylic acids is 1. The van der Waals surface area contributed by atoms with E-state index in [1.165, 1.54) is 0 Å². The normalized spacial score (nSPS) is 16.8. The fraction of sp³-hybridized carbons (Fsp3) is 0.235. The SMILES string of the molecule is Cc1nn(-c2ccccc2)c(Cl)c1[C@@H]1CC(=O)Nc2c1cnn2C. The van der Waals surface area contributed by atoms with Crippen LogP contribution >= 0.6 is 11.6 Å². The van der Waals surface area contributed by atoms with Gasteiger partial charge in [0.05, 0.1) is 17.6 Å². The van der Waals surface area contributed by atoms with Crippen LogP contribution < -0.4 is 5.32 Å². The van der Waals surface area contributed by atoms with Crippen molar-refractivity contribution in [2.45, 2.75) is 19.3 Å². The van der Waals surface area contributed by atoms with E-state index in [4.69, 9.17) is 11.6 Å². The van der Waals surface area contributed by atoms with E-state index >= 15 is 0 Å². The summed E-state index contributed by atoms with van der Waals surface area (Å²) < 4.78 is 3.39. The third-order valence-electron chi connectivity index (χ3n) is 4.39. The highest BCUT2D eigenvalue weighted by Crippen LogP contribution is 2.41. The Balaban J connectivity index is 1.86. The van der Waals surface area contributed by atoms with Gasteiger partial charge in [0.2, 0.25) is 5.91 Å². The fourth-order valence-corrected chi connectivity index (χ4v) is 3.65. The molecule has 0 bridgehead atoms. The second kappa shape index (κ2) is 5.49. The van der Waals surface area contributed by atoms with Gasteiger partial charge in [0.15, 0.2) is 0 Å². The number of benzene rings is 1. The van der Waals surface area contributed by atoms with Crippen LogP contribution in [0.2, 0.25) is 5.15 Å². The summed E-state index contributed by atoms with van der Waals surface area (Å²) in [5, 5.41) is 12.3. The smallest absolute Gasteiger partial charge is 0.226 e. The van der Waals surface area contributed by atoms with Gasteiger partial charge in [0, 0.05) is 30.5 Å². The number of halogens is 1. The molecular formula is C17H16ClN5O. The van der Waals surface area contributed by atoms with Crippen molar-refractivity contribution in [2.75, 3.05) is 5.32 Å². The average Bonchev–Trinajstić information content (AvgIpc) is 3.08. The number of aromatic nitrogens is 4. The van der Waals surface area contributed by atoms with Crippen LogP contribution in [-0.2, 0) is 11.8 Å². The van der Waals surface area contributed by atoms with E-state index in [-0.39, 0.29) is 11.8 Å². The van der Waals surface area contributed by atoms with Gasteiger partial charge in [-0.25, -0.2) is 4.68 Å². The number of hydrogen-bond acceptors (Lipinski definition) is 3. The summed E-state index contributed by atoms with van der Waals surface area (Å²) in [4.78, 5) is 12.1. The van der Waals surface area contributed by atoms with Crippen LogP contribution in [0.15, 0.2) is 36.5 Å². The molecule has 0 unspecified atom stereocenters. The van der Waals surface area contributed by atoms with Crippen LogP contribution in [0.4, 0.5) is 5.82 Å². The molecule has 1 aliphatic rings. The molecule has 24 heavy (non-hydrogen) atoms. The molecule has 1 amide bonds. The van der Waals surface area contributed by atoms with Gasteiger partial charge in [0.25, 0.3) is 0 Å². The second-order valence-electron chi connectivity index (χ2n) is 5.91. The highest BCUT2D eigenvalue weighted by molar-refractivity contribution is 6.30. The van der Waals surface area contributed by atoms with Crippen LogP contribution in [0.25, 0.3) is 5.69 Å². The number of rotatable bonds is 2. The second-order valence-corrected chi connectivity index (χ2v) is 6.27. The molecule has 1 aliphatic heterocycles. The summed E-state index contributed by atoms with van der Waals surface area (Å²) in [6.07, 6.45) is 2.12. The Morgan fingerprint density at radius 2 is 2.04 bits per heavy atom. The van der Waals surface area contributed by atoms with E-state index in [2.05, 4.69) is 15.5 Å². The van der Waals surface area contributed by atoms with Crippen molar-refractivity contribution >= 4 is 23.3 Å². The number of fused-ring (bicyclic) bond motifs is 1. The summed E-state index contributed by atoms with van der Waals surface area (Å²) in [6.45, 7) is 1.92. The first kappa shape index (κ1) is 15.0. The summed E-state index contributed by atoms with van der Waals surface area (Å²) in [5.74, 6) is 0.533. The van der Waals surface area contributed by atoms with Crippen LogP contribution in [0.1, 0.15) is 29.2 Å². The number of aryl methyl sites for hydroxylation is 2. The number of nitrogens with zero attached hydrogens (tertiary/aromatic N) is 4. The third kappa shape index (κ3) is 2.22. The lowest BCUT2D eigenvalue weighted by Gasteiger charge is -2.23. The van der Waals surface area contributed by atoms with Crippen molar-refractivity contribution in [3.8, 4) is 5.69 Å². The number of para-hydroxylation sites is 1. The quantitative estimate of drug-likeness (QED) is 0.779. The lowest BCUT2D eigenvalue weighted by Crippen LogP contribution is -2.24. The van der Waals surface area contributed by atoms with Crippen LogP contribution in [-0.4, -0.2) is 25.5 Å². The van der Waals surface area contributed by atoms with Gasteiger partial charge < -0.3 is 5.32 Å². The molecule has 7 heteroatoms. The Kier molecular flexibility index (Phi) is 3.42. The number of nitrogens with one attached hydrogen (secondary N) is 1. The molecule has 2 aromatic heterocycles. The van der Waals surface area contributed by atoms with Gasteiger partial charge in [0.1, 0.15) is 11.0 Å². The van der Waals surface area contributed by atoms with E-state index in [9.17, 15) is 4.79 Å². The summed E-state index contributed by atoms with van der Waals surface area (Å²) in [7, 11) is 1.81. The summed E-state index contributed by atoms with van der Waals surface area (Å²) >= 11 is 6.66. The number of amides is 1. The monoisotopic (exact) mass is 341 g/mol.